The number of hydrogen-bond donors (Lipinski definition) is 5. The zero-order valence-electron chi connectivity index (χ0n) is 8.40. The van der Waals surface area contributed by atoms with Crippen LogP contribution in [0.3, 0.4) is 0 Å². The van der Waals surface area contributed by atoms with Crippen molar-refractivity contribution < 1.29 is 34.8 Å². The van der Waals surface area contributed by atoms with Crippen LogP contribution >= 0.6 is 0 Å². The Hall–Kier alpha value is -1.51. The molecule has 0 unspecified atom stereocenters. The van der Waals surface area contributed by atoms with Crippen LogP contribution < -0.4 is 5.32 Å². The number of carbonyl (C=O) groups is 3. The molecule has 1 amide bonds. The van der Waals surface area contributed by atoms with Crippen LogP contribution in [-0.2, 0) is 14.4 Å². The van der Waals surface area contributed by atoms with Crippen molar-refractivity contribution in [2.45, 2.75) is 31.3 Å². The third-order valence-electron chi connectivity index (χ3n) is 1.81. The zero-order chi connectivity index (χ0) is 12.9. The second-order valence-electron chi connectivity index (χ2n) is 3.13. The lowest BCUT2D eigenvalue weighted by Crippen LogP contribution is -2.53. The summed E-state index contributed by atoms with van der Waals surface area (Å²) < 4.78 is 0. The van der Waals surface area contributed by atoms with Gasteiger partial charge < -0.3 is 30.5 Å². The van der Waals surface area contributed by atoms with Crippen molar-refractivity contribution >= 4 is 18.2 Å². The van der Waals surface area contributed by atoms with Gasteiger partial charge >= 0.3 is 5.97 Å². The van der Waals surface area contributed by atoms with Crippen LogP contribution in [0, 0.1) is 0 Å². The van der Waals surface area contributed by atoms with Crippen molar-refractivity contribution in [3.05, 3.63) is 0 Å². The Morgan fingerprint density at radius 2 is 1.69 bits per heavy atom. The summed E-state index contributed by atoms with van der Waals surface area (Å²) in [6.45, 7) is 1.07. The molecule has 92 valence electrons. The van der Waals surface area contributed by atoms with Crippen molar-refractivity contribution in [1.29, 1.82) is 0 Å². The van der Waals surface area contributed by atoms with Crippen LogP contribution in [-0.4, -0.2) is 62.9 Å². The smallest absolute Gasteiger partial charge is 0.335 e. The molecule has 0 saturated carbocycles. The van der Waals surface area contributed by atoms with E-state index in [0.29, 0.717) is 0 Å². The highest BCUT2D eigenvalue weighted by atomic mass is 16.4. The minimum absolute atomic E-state index is 0.129. The highest BCUT2D eigenvalue weighted by molar-refractivity contribution is 5.78. The monoisotopic (exact) mass is 235 g/mol. The first-order valence-corrected chi connectivity index (χ1v) is 4.30. The summed E-state index contributed by atoms with van der Waals surface area (Å²) in [4.78, 5) is 31.3. The lowest BCUT2D eigenvalue weighted by atomic mass is 10.0. The fourth-order valence-corrected chi connectivity index (χ4v) is 0.980. The molecule has 0 bridgehead atoms. The molecule has 0 fully saturated rings. The van der Waals surface area contributed by atoms with Gasteiger partial charge in [-0.1, -0.05) is 0 Å². The predicted molar refractivity (Wildman–Crippen MR) is 49.3 cm³/mol. The van der Waals surface area contributed by atoms with Crippen molar-refractivity contribution in [2.75, 3.05) is 0 Å². The number of nitrogens with one attached hydrogen (secondary N) is 1. The second kappa shape index (κ2) is 6.16. The lowest BCUT2D eigenvalue weighted by molar-refractivity contribution is -0.159. The summed E-state index contributed by atoms with van der Waals surface area (Å²) in [5.74, 6) is -2.40. The number of aliphatic carboxylic acids is 1. The first-order valence-electron chi connectivity index (χ1n) is 4.30. The van der Waals surface area contributed by atoms with Crippen molar-refractivity contribution in [3.8, 4) is 0 Å². The van der Waals surface area contributed by atoms with Gasteiger partial charge in [0.05, 0.1) is 0 Å². The topological polar surface area (TPSA) is 144 Å². The van der Waals surface area contributed by atoms with Gasteiger partial charge in [0, 0.05) is 6.92 Å². The molecule has 0 spiro atoms. The summed E-state index contributed by atoms with van der Waals surface area (Å²) in [6, 6.07) is -1.48. The van der Waals surface area contributed by atoms with E-state index in [1.807, 2.05) is 5.32 Å². The summed E-state index contributed by atoms with van der Waals surface area (Å²) in [6.07, 6.45) is -6.11. The van der Waals surface area contributed by atoms with E-state index in [2.05, 4.69) is 0 Å². The van der Waals surface area contributed by atoms with E-state index in [0.717, 1.165) is 6.92 Å². The molecule has 8 nitrogen and oxygen atoms in total. The molecule has 4 atom stereocenters. The van der Waals surface area contributed by atoms with E-state index >= 15 is 0 Å². The standard InChI is InChI=1S/C8H13NO7/c1-3(11)9-4(2-10)5(12)6(13)7(14)8(15)16/h2,4-7,12-14H,1H3,(H,9,11)(H,15,16)/t4-,5-,6-,7-/m0/s1. The maximum absolute atomic E-state index is 10.6. The number of carboxylic acids is 1. The summed E-state index contributed by atoms with van der Waals surface area (Å²) in [7, 11) is 0. The van der Waals surface area contributed by atoms with E-state index in [9.17, 15) is 24.6 Å². The van der Waals surface area contributed by atoms with E-state index < -0.39 is 36.2 Å². The summed E-state index contributed by atoms with van der Waals surface area (Å²) in [5, 5.41) is 37.7. The summed E-state index contributed by atoms with van der Waals surface area (Å²) in [5.41, 5.74) is 0. The van der Waals surface area contributed by atoms with Crippen LogP contribution in [0.5, 0.6) is 0 Å². The Kier molecular flexibility index (Phi) is 5.57. The number of aliphatic hydroxyl groups excluding tert-OH is 3. The largest absolute Gasteiger partial charge is 0.479 e. The van der Waals surface area contributed by atoms with Gasteiger partial charge in [0.25, 0.3) is 0 Å². The molecular weight excluding hydrogens is 222 g/mol. The van der Waals surface area contributed by atoms with Gasteiger partial charge in [-0.15, -0.1) is 0 Å². The van der Waals surface area contributed by atoms with Gasteiger partial charge in [-0.05, 0) is 0 Å². The predicted octanol–water partition coefficient (Wildman–Crippen LogP) is -3.14. The number of amides is 1. The minimum atomic E-state index is -2.24. The number of hydrogen-bond acceptors (Lipinski definition) is 6. The van der Waals surface area contributed by atoms with Gasteiger partial charge in [-0.3, -0.25) is 4.79 Å². The van der Waals surface area contributed by atoms with Crippen molar-refractivity contribution in [3.63, 3.8) is 0 Å². The fourth-order valence-electron chi connectivity index (χ4n) is 0.980. The zero-order valence-corrected chi connectivity index (χ0v) is 8.40. The van der Waals surface area contributed by atoms with Crippen molar-refractivity contribution in [2.24, 2.45) is 0 Å². The quantitative estimate of drug-likeness (QED) is 0.306. The molecule has 0 aliphatic rings. The van der Waals surface area contributed by atoms with Crippen LogP contribution in [0.1, 0.15) is 6.92 Å². The average Bonchev–Trinajstić information content (AvgIpc) is 2.22. The van der Waals surface area contributed by atoms with Gasteiger partial charge in [-0.2, -0.15) is 0 Å². The first-order chi connectivity index (χ1) is 7.31. The number of carbonyl (C=O) groups excluding carboxylic acids is 2. The maximum atomic E-state index is 10.6. The van der Waals surface area contributed by atoms with Crippen LogP contribution in [0.15, 0.2) is 0 Å². The molecule has 0 rings (SSSR count). The first kappa shape index (κ1) is 14.5. The average molecular weight is 235 g/mol. The Morgan fingerprint density at radius 1 is 1.19 bits per heavy atom. The molecule has 5 N–H and O–H groups in total. The molecule has 0 aliphatic heterocycles. The van der Waals surface area contributed by atoms with Gasteiger partial charge in [0.2, 0.25) is 5.91 Å². The molecule has 0 aromatic heterocycles. The number of rotatable bonds is 6. The normalized spacial score (nSPS) is 18.0. The van der Waals surface area contributed by atoms with Gasteiger partial charge in [0.15, 0.2) is 6.10 Å². The van der Waals surface area contributed by atoms with Crippen LogP contribution in [0.4, 0.5) is 0 Å². The van der Waals surface area contributed by atoms with Crippen LogP contribution in [0.2, 0.25) is 0 Å². The SMILES string of the molecule is CC(=O)N[C@@H](C=O)[C@H](O)[C@H](O)[C@H](O)C(=O)O. The van der Waals surface area contributed by atoms with Crippen molar-refractivity contribution in [1.82, 2.24) is 5.32 Å². The van der Waals surface area contributed by atoms with E-state index in [4.69, 9.17) is 10.2 Å². The molecule has 8 heteroatoms. The lowest BCUT2D eigenvalue weighted by Gasteiger charge is -2.24. The molecular formula is C8H13NO7. The number of carboxylic acid groups (broad SMARTS) is 1. The Labute approximate surface area is 90.5 Å². The van der Waals surface area contributed by atoms with Crippen LogP contribution in [0.25, 0.3) is 0 Å². The highest BCUT2D eigenvalue weighted by Crippen LogP contribution is 2.04. The van der Waals surface area contributed by atoms with E-state index in [1.165, 1.54) is 0 Å². The molecule has 0 heterocycles. The molecule has 0 saturated heterocycles. The molecule has 0 aliphatic carbocycles. The maximum Gasteiger partial charge on any atom is 0.335 e. The Morgan fingerprint density at radius 3 is 2.00 bits per heavy atom. The second-order valence-corrected chi connectivity index (χ2v) is 3.13. The van der Waals surface area contributed by atoms with E-state index in [-0.39, 0.29) is 6.29 Å². The Bertz CT molecular complexity index is 280. The van der Waals surface area contributed by atoms with Gasteiger partial charge in [-0.25, -0.2) is 4.79 Å². The highest BCUT2D eigenvalue weighted by Gasteiger charge is 2.35. The third-order valence-corrected chi connectivity index (χ3v) is 1.81. The molecule has 0 aromatic carbocycles. The number of aldehydes is 1. The minimum Gasteiger partial charge on any atom is -0.479 e. The van der Waals surface area contributed by atoms with E-state index in [1.54, 1.807) is 0 Å². The number of aliphatic hydroxyl groups is 3. The molecule has 0 aromatic rings. The van der Waals surface area contributed by atoms with Gasteiger partial charge in [0.1, 0.15) is 24.5 Å². The third kappa shape index (κ3) is 3.93. The molecule has 16 heavy (non-hydrogen) atoms. The Balaban J connectivity index is 4.60. The fraction of sp³-hybridized carbons (Fsp3) is 0.625. The summed E-state index contributed by atoms with van der Waals surface area (Å²) >= 11 is 0. The molecule has 0 radical (unpaired) electrons.